The van der Waals surface area contributed by atoms with Crippen molar-refractivity contribution in [2.75, 3.05) is 5.32 Å². The Bertz CT molecular complexity index is 856. The highest BCUT2D eigenvalue weighted by molar-refractivity contribution is 7.17. The second-order valence-corrected chi connectivity index (χ2v) is 6.19. The molecular weight excluding hydrogens is 316 g/mol. The number of hydrogen-bond acceptors (Lipinski definition) is 2. The highest BCUT2D eigenvalue weighted by Crippen LogP contribution is 2.29. The van der Waals surface area contributed by atoms with Gasteiger partial charge in [0.25, 0.3) is 5.91 Å². The summed E-state index contributed by atoms with van der Waals surface area (Å²) in [4.78, 5) is 13.5. The van der Waals surface area contributed by atoms with Crippen molar-refractivity contribution in [1.29, 1.82) is 0 Å². The molecule has 1 N–H and O–H groups in total. The van der Waals surface area contributed by atoms with Crippen molar-refractivity contribution in [1.82, 2.24) is 0 Å². The molecule has 0 aliphatic heterocycles. The molecule has 0 saturated carbocycles. The quantitative estimate of drug-likeness (QED) is 0.698. The van der Waals surface area contributed by atoms with Crippen LogP contribution in [0, 0.1) is 18.6 Å². The Balaban J connectivity index is 1.79. The zero-order valence-corrected chi connectivity index (χ0v) is 13.1. The van der Waals surface area contributed by atoms with Crippen LogP contribution in [-0.4, -0.2) is 5.91 Å². The number of halogens is 2. The molecule has 0 spiro atoms. The monoisotopic (exact) mass is 329 g/mol. The Morgan fingerprint density at radius 3 is 2.43 bits per heavy atom. The average molecular weight is 329 g/mol. The normalized spacial score (nSPS) is 10.6. The van der Waals surface area contributed by atoms with Gasteiger partial charge in [-0.25, -0.2) is 8.78 Å². The van der Waals surface area contributed by atoms with Crippen molar-refractivity contribution >= 4 is 22.9 Å². The van der Waals surface area contributed by atoms with Crippen molar-refractivity contribution < 1.29 is 13.6 Å². The molecule has 0 unspecified atom stereocenters. The summed E-state index contributed by atoms with van der Waals surface area (Å²) in [6, 6.07) is 14.2. The second kappa shape index (κ2) is 6.30. The highest BCUT2D eigenvalue weighted by atomic mass is 32.1. The second-order valence-electron chi connectivity index (χ2n) is 5.11. The lowest BCUT2D eigenvalue weighted by atomic mass is 10.2. The van der Waals surface area contributed by atoms with Crippen LogP contribution in [0.25, 0.3) is 10.4 Å². The fraction of sp³-hybridized carbons (Fsp3) is 0.0556. The number of thiophene rings is 1. The third-order valence-electron chi connectivity index (χ3n) is 3.33. The summed E-state index contributed by atoms with van der Waals surface area (Å²) in [6.45, 7) is 1.78. The lowest BCUT2D eigenvalue weighted by molar-refractivity contribution is 0.103. The molecule has 1 amide bonds. The van der Waals surface area contributed by atoms with Gasteiger partial charge < -0.3 is 5.32 Å². The van der Waals surface area contributed by atoms with Crippen molar-refractivity contribution in [3.05, 3.63) is 76.7 Å². The zero-order chi connectivity index (χ0) is 16.4. The predicted octanol–water partition coefficient (Wildman–Crippen LogP) is 5.25. The molecule has 3 rings (SSSR count). The Labute approximate surface area is 136 Å². The Hall–Kier alpha value is -2.53. The summed E-state index contributed by atoms with van der Waals surface area (Å²) >= 11 is 1.27. The summed E-state index contributed by atoms with van der Waals surface area (Å²) < 4.78 is 26.7. The third-order valence-corrected chi connectivity index (χ3v) is 4.46. The molecule has 0 fully saturated rings. The van der Waals surface area contributed by atoms with Crippen LogP contribution < -0.4 is 5.32 Å². The van der Waals surface area contributed by atoms with Crippen LogP contribution >= 0.6 is 11.3 Å². The maximum Gasteiger partial charge on any atom is 0.265 e. The fourth-order valence-electron chi connectivity index (χ4n) is 2.13. The SMILES string of the molecule is Cc1ccc(NC(=O)c2ccc(-c3ccc(F)cc3)s2)c(F)c1. The highest BCUT2D eigenvalue weighted by Gasteiger charge is 2.12. The summed E-state index contributed by atoms with van der Waals surface area (Å²) in [5.41, 5.74) is 1.77. The first-order chi connectivity index (χ1) is 11.0. The molecule has 0 saturated heterocycles. The molecular formula is C18H13F2NOS. The minimum Gasteiger partial charge on any atom is -0.319 e. The number of anilines is 1. The van der Waals surface area contributed by atoms with Gasteiger partial charge in [0.2, 0.25) is 0 Å². The van der Waals surface area contributed by atoms with Gasteiger partial charge in [0.05, 0.1) is 10.6 Å². The van der Waals surface area contributed by atoms with Gasteiger partial charge in [-0.1, -0.05) is 18.2 Å². The van der Waals surface area contributed by atoms with E-state index in [0.717, 1.165) is 16.0 Å². The van der Waals surface area contributed by atoms with E-state index < -0.39 is 5.82 Å². The van der Waals surface area contributed by atoms with Crippen LogP contribution in [0.2, 0.25) is 0 Å². The van der Waals surface area contributed by atoms with Crippen LogP contribution in [0.1, 0.15) is 15.2 Å². The predicted molar refractivity (Wildman–Crippen MR) is 88.8 cm³/mol. The van der Waals surface area contributed by atoms with E-state index in [9.17, 15) is 13.6 Å². The van der Waals surface area contributed by atoms with Crippen LogP contribution in [0.15, 0.2) is 54.6 Å². The molecule has 0 atom stereocenters. The summed E-state index contributed by atoms with van der Waals surface area (Å²) in [5, 5.41) is 2.56. The fourth-order valence-corrected chi connectivity index (χ4v) is 3.04. The van der Waals surface area contributed by atoms with Crippen LogP contribution in [0.3, 0.4) is 0 Å². The average Bonchev–Trinajstić information content (AvgIpc) is 3.01. The molecule has 5 heteroatoms. The minimum atomic E-state index is -0.464. The number of carbonyl (C=O) groups is 1. The molecule has 1 aromatic heterocycles. The lowest BCUT2D eigenvalue weighted by Crippen LogP contribution is -2.11. The van der Waals surface area contributed by atoms with E-state index >= 15 is 0 Å². The number of amides is 1. The van der Waals surface area contributed by atoms with E-state index in [1.54, 1.807) is 37.3 Å². The molecule has 2 aromatic carbocycles. The number of nitrogens with one attached hydrogen (secondary N) is 1. The van der Waals surface area contributed by atoms with E-state index in [0.29, 0.717) is 4.88 Å². The van der Waals surface area contributed by atoms with Gasteiger partial charge in [0.15, 0.2) is 0 Å². The molecule has 2 nitrogen and oxygen atoms in total. The lowest BCUT2D eigenvalue weighted by Gasteiger charge is -2.05. The van der Waals surface area contributed by atoms with E-state index in [4.69, 9.17) is 0 Å². The van der Waals surface area contributed by atoms with Crippen molar-refractivity contribution in [3.8, 4) is 10.4 Å². The topological polar surface area (TPSA) is 29.1 Å². The minimum absolute atomic E-state index is 0.150. The Kier molecular flexibility index (Phi) is 4.21. The Morgan fingerprint density at radius 1 is 1.00 bits per heavy atom. The summed E-state index contributed by atoms with van der Waals surface area (Å²) in [7, 11) is 0. The molecule has 0 radical (unpaired) electrons. The smallest absolute Gasteiger partial charge is 0.265 e. The number of carbonyl (C=O) groups excluding carboxylic acids is 1. The molecule has 1 heterocycles. The van der Waals surface area contributed by atoms with Gasteiger partial charge in [0, 0.05) is 4.88 Å². The van der Waals surface area contributed by atoms with Crippen molar-refractivity contribution in [2.24, 2.45) is 0 Å². The molecule has 116 valence electrons. The molecule has 0 aliphatic carbocycles. The molecule has 0 bridgehead atoms. The number of rotatable bonds is 3. The van der Waals surface area contributed by atoms with E-state index in [2.05, 4.69) is 5.32 Å². The summed E-state index contributed by atoms with van der Waals surface area (Å²) in [6.07, 6.45) is 0. The van der Waals surface area contributed by atoms with Crippen LogP contribution in [-0.2, 0) is 0 Å². The van der Waals surface area contributed by atoms with Crippen LogP contribution in [0.5, 0.6) is 0 Å². The van der Waals surface area contributed by atoms with Gasteiger partial charge in [-0.3, -0.25) is 4.79 Å². The van der Waals surface area contributed by atoms with Gasteiger partial charge in [-0.2, -0.15) is 0 Å². The molecule has 23 heavy (non-hydrogen) atoms. The molecule has 3 aromatic rings. The van der Waals surface area contributed by atoms with Crippen molar-refractivity contribution in [3.63, 3.8) is 0 Å². The first-order valence-corrected chi connectivity index (χ1v) is 7.78. The van der Waals surface area contributed by atoms with Crippen LogP contribution in [0.4, 0.5) is 14.5 Å². The Morgan fingerprint density at radius 2 is 1.74 bits per heavy atom. The van der Waals surface area contributed by atoms with Gasteiger partial charge in [-0.05, 0) is 54.4 Å². The largest absolute Gasteiger partial charge is 0.319 e. The van der Waals surface area contributed by atoms with Crippen molar-refractivity contribution in [2.45, 2.75) is 6.92 Å². The van der Waals surface area contributed by atoms with E-state index in [-0.39, 0.29) is 17.4 Å². The maximum absolute atomic E-state index is 13.8. The zero-order valence-electron chi connectivity index (χ0n) is 12.3. The number of aryl methyl sites for hydroxylation is 1. The number of benzene rings is 2. The first kappa shape index (κ1) is 15.4. The third kappa shape index (κ3) is 3.46. The van der Waals surface area contributed by atoms with E-state index in [1.165, 1.54) is 35.6 Å². The van der Waals surface area contributed by atoms with Gasteiger partial charge in [0.1, 0.15) is 11.6 Å². The van der Waals surface area contributed by atoms with E-state index in [1.807, 2.05) is 0 Å². The summed E-state index contributed by atoms with van der Waals surface area (Å²) in [5.74, 6) is -1.14. The number of hydrogen-bond donors (Lipinski definition) is 1. The van der Waals surface area contributed by atoms with Gasteiger partial charge in [-0.15, -0.1) is 11.3 Å². The molecule has 0 aliphatic rings. The maximum atomic E-state index is 13.8. The standard InChI is InChI=1S/C18H13F2NOS/c1-11-2-7-15(14(20)10-11)21-18(22)17-9-8-16(23-17)12-3-5-13(19)6-4-12/h2-10H,1H3,(H,21,22). The first-order valence-electron chi connectivity index (χ1n) is 6.96. The van der Waals surface area contributed by atoms with Gasteiger partial charge >= 0.3 is 0 Å².